The Balaban J connectivity index is 1.80. The number of aliphatic carboxylic acids is 1. The molecule has 0 radical (unpaired) electrons. The van der Waals surface area contributed by atoms with E-state index in [1.54, 1.807) is 31.2 Å². The van der Waals surface area contributed by atoms with Crippen LogP contribution in [0.4, 0.5) is 5.69 Å². The second kappa shape index (κ2) is 8.96. The molecular formula is C22H22N2O4S. The molecule has 150 valence electrons. The number of hydrogen-bond donors (Lipinski definition) is 2. The molecule has 1 saturated heterocycles. The van der Waals surface area contributed by atoms with Crippen molar-refractivity contribution in [2.75, 3.05) is 0 Å². The number of amidine groups is 1. The molecule has 2 aromatic carbocycles. The third-order valence-corrected chi connectivity index (χ3v) is 5.44. The summed E-state index contributed by atoms with van der Waals surface area (Å²) >= 11 is 1.27. The summed E-state index contributed by atoms with van der Waals surface area (Å²) in [4.78, 5) is 28.6. The zero-order valence-electron chi connectivity index (χ0n) is 16.4. The zero-order valence-corrected chi connectivity index (χ0v) is 17.2. The molecule has 7 heteroatoms. The van der Waals surface area contributed by atoms with Crippen LogP contribution in [0.25, 0.3) is 6.08 Å². The predicted octanol–water partition coefficient (Wildman–Crippen LogP) is 4.44. The first-order chi connectivity index (χ1) is 13.9. The second-order valence-corrected chi connectivity index (χ2v) is 7.66. The molecule has 0 bridgehead atoms. The number of amides is 1. The summed E-state index contributed by atoms with van der Waals surface area (Å²) in [5.74, 6) is -0.780. The van der Waals surface area contributed by atoms with Gasteiger partial charge in [-0.2, -0.15) is 0 Å². The van der Waals surface area contributed by atoms with E-state index in [2.05, 4.69) is 10.3 Å². The van der Waals surface area contributed by atoms with E-state index in [-0.39, 0.29) is 5.91 Å². The first-order valence-corrected chi connectivity index (χ1v) is 10.0. The SMILES string of the molecule is CCC(Oc1cccc(/C=C2/SC(=Nc3cccc(C)c3C)NC2=O)c1)C(=O)O. The minimum atomic E-state index is -1.01. The van der Waals surface area contributed by atoms with Gasteiger partial charge in [-0.05, 0) is 73.0 Å². The highest BCUT2D eigenvalue weighted by molar-refractivity contribution is 8.18. The van der Waals surface area contributed by atoms with Gasteiger partial charge >= 0.3 is 5.97 Å². The topological polar surface area (TPSA) is 88.0 Å². The van der Waals surface area contributed by atoms with E-state index in [1.165, 1.54) is 11.8 Å². The molecule has 1 fully saturated rings. The minimum Gasteiger partial charge on any atom is -0.479 e. The normalized spacial score (nSPS) is 17.4. The van der Waals surface area contributed by atoms with Crippen LogP contribution in [0.5, 0.6) is 5.75 Å². The Labute approximate surface area is 173 Å². The minimum absolute atomic E-state index is 0.220. The highest BCUT2D eigenvalue weighted by Gasteiger charge is 2.24. The van der Waals surface area contributed by atoms with Crippen LogP contribution in [0.1, 0.15) is 30.0 Å². The van der Waals surface area contributed by atoms with Crippen LogP contribution in [0.3, 0.4) is 0 Å². The maximum absolute atomic E-state index is 12.3. The van der Waals surface area contributed by atoms with Crippen molar-refractivity contribution in [3.63, 3.8) is 0 Å². The predicted molar refractivity (Wildman–Crippen MR) is 116 cm³/mol. The van der Waals surface area contributed by atoms with Gasteiger partial charge in [-0.3, -0.25) is 4.79 Å². The molecule has 6 nitrogen and oxygen atoms in total. The van der Waals surface area contributed by atoms with Crippen molar-refractivity contribution >= 4 is 40.6 Å². The molecule has 1 unspecified atom stereocenters. The number of nitrogens with zero attached hydrogens (tertiary/aromatic N) is 1. The first-order valence-electron chi connectivity index (χ1n) is 9.22. The molecule has 0 saturated carbocycles. The maximum Gasteiger partial charge on any atom is 0.344 e. The molecule has 1 aliphatic heterocycles. The van der Waals surface area contributed by atoms with E-state index < -0.39 is 12.1 Å². The fourth-order valence-electron chi connectivity index (χ4n) is 2.75. The maximum atomic E-state index is 12.3. The summed E-state index contributed by atoms with van der Waals surface area (Å²) in [5.41, 5.74) is 3.78. The second-order valence-electron chi connectivity index (χ2n) is 6.63. The van der Waals surface area contributed by atoms with Gasteiger partial charge in [-0.1, -0.05) is 31.2 Å². The molecule has 2 aromatic rings. The number of thioether (sulfide) groups is 1. The van der Waals surface area contributed by atoms with Crippen molar-refractivity contribution in [3.8, 4) is 5.75 Å². The van der Waals surface area contributed by atoms with Crippen LogP contribution < -0.4 is 10.1 Å². The number of aryl methyl sites for hydroxylation is 1. The lowest BCUT2D eigenvalue weighted by molar-refractivity contribution is -0.145. The van der Waals surface area contributed by atoms with Gasteiger partial charge in [0.2, 0.25) is 0 Å². The quantitative estimate of drug-likeness (QED) is 0.688. The molecule has 29 heavy (non-hydrogen) atoms. The molecule has 1 atom stereocenters. The van der Waals surface area contributed by atoms with Gasteiger partial charge in [0.05, 0.1) is 10.6 Å². The molecule has 0 spiro atoms. The van der Waals surface area contributed by atoms with E-state index in [1.807, 2.05) is 38.1 Å². The van der Waals surface area contributed by atoms with E-state index in [4.69, 9.17) is 9.84 Å². The van der Waals surface area contributed by atoms with Gasteiger partial charge in [0.15, 0.2) is 11.3 Å². The molecule has 1 aliphatic rings. The highest BCUT2D eigenvalue weighted by Crippen LogP contribution is 2.30. The third-order valence-electron chi connectivity index (χ3n) is 4.53. The largest absolute Gasteiger partial charge is 0.479 e. The summed E-state index contributed by atoms with van der Waals surface area (Å²) in [7, 11) is 0. The summed E-state index contributed by atoms with van der Waals surface area (Å²) in [6.07, 6.45) is 1.19. The molecule has 3 rings (SSSR count). The van der Waals surface area contributed by atoms with Gasteiger partial charge in [0.25, 0.3) is 5.91 Å². The first kappa shape index (κ1) is 20.7. The fourth-order valence-corrected chi connectivity index (χ4v) is 3.58. The number of nitrogens with one attached hydrogen (secondary N) is 1. The Bertz CT molecular complexity index is 1010. The van der Waals surface area contributed by atoms with Crippen LogP contribution in [-0.4, -0.2) is 28.3 Å². The number of carbonyl (C=O) groups excluding carboxylic acids is 1. The molecular weight excluding hydrogens is 388 g/mol. The van der Waals surface area contributed by atoms with Crippen molar-refractivity contribution in [1.82, 2.24) is 5.32 Å². The molecule has 0 aliphatic carbocycles. The van der Waals surface area contributed by atoms with Crippen LogP contribution in [0.2, 0.25) is 0 Å². The molecule has 0 aromatic heterocycles. The van der Waals surface area contributed by atoms with E-state index >= 15 is 0 Å². The number of rotatable bonds is 6. The zero-order chi connectivity index (χ0) is 21.0. The van der Waals surface area contributed by atoms with Gasteiger partial charge in [-0.15, -0.1) is 0 Å². The number of carboxylic acids is 1. The lowest BCUT2D eigenvalue weighted by atomic mass is 10.1. The lowest BCUT2D eigenvalue weighted by Crippen LogP contribution is -2.25. The van der Waals surface area contributed by atoms with Crippen molar-refractivity contribution in [2.45, 2.75) is 33.3 Å². The third kappa shape index (κ3) is 5.06. The number of hydrogen-bond acceptors (Lipinski definition) is 5. The molecule has 2 N–H and O–H groups in total. The lowest BCUT2D eigenvalue weighted by Gasteiger charge is -2.13. The van der Waals surface area contributed by atoms with Crippen molar-refractivity contribution in [2.24, 2.45) is 4.99 Å². The summed E-state index contributed by atoms with van der Waals surface area (Å²) in [6, 6.07) is 12.9. The average molecular weight is 410 g/mol. The molecule has 1 heterocycles. The summed E-state index contributed by atoms with van der Waals surface area (Å²) < 4.78 is 5.52. The number of aliphatic imine (C=N–C) groups is 1. The number of carboxylic acid groups (broad SMARTS) is 1. The van der Waals surface area contributed by atoms with Crippen molar-refractivity contribution < 1.29 is 19.4 Å². The van der Waals surface area contributed by atoms with Gasteiger partial charge in [0, 0.05) is 0 Å². The van der Waals surface area contributed by atoms with Crippen LogP contribution in [-0.2, 0) is 9.59 Å². The smallest absolute Gasteiger partial charge is 0.344 e. The van der Waals surface area contributed by atoms with E-state index in [0.29, 0.717) is 22.2 Å². The van der Waals surface area contributed by atoms with Crippen LogP contribution in [0, 0.1) is 13.8 Å². The Morgan fingerprint density at radius 3 is 2.76 bits per heavy atom. The van der Waals surface area contributed by atoms with Crippen molar-refractivity contribution in [3.05, 3.63) is 64.1 Å². The highest BCUT2D eigenvalue weighted by atomic mass is 32.2. The Morgan fingerprint density at radius 1 is 1.28 bits per heavy atom. The van der Waals surface area contributed by atoms with Gasteiger partial charge < -0.3 is 15.2 Å². The Hall–Kier alpha value is -3.06. The summed E-state index contributed by atoms with van der Waals surface area (Å²) in [6.45, 7) is 5.77. The summed E-state index contributed by atoms with van der Waals surface area (Å²) in [5, 5.41) is 12.5. The van der Waals surface area contributed by atoms with Crippen LogP contribution in [0.15, 0.2) is 52.4 Å². The fraction of sp³-hybridized carbons (Fsp3) is 0.227. The van der Waals surface area contributed by atoms with Gasteiger partial charge in [0.1, 0.15) is 5.75 Å². The molecule has 1 amide bonds. The Morgan fingerprint density at radius 2 is 2.03 bits per heavy atom. The van der Waals surface area contributed by atoms with Crippen molar-refractivity contribution in [1.29, 1.82) is 0 Å². The standard InChI is InChI=1S/C22H22N2O4S/c1-4-18(21(26)27)28-16-9-6-8-15(11-16)12-19-20(25)24-22(29-19)23-17-10-5-7-13(2)14(17)3/h5-12,18H,4H2,1-3H3,(H,26,27)(H,23,24,25)/b19-12+. The average Bonchev–Trinajstić information content (AvgIpc) is 3.02. The van der Waals surface area contributed by atoms with Gasteiger partial charge in [-0.25, -0.2) is 9.79 Å². The Kier molecular flexibility index (Phi) is 6.39. The number of carbonyl (C=O) groups is 2. The van der Waals surface area contributed by atoms with E-state index in [9.17, 15) is 9.59 Å². The number of ether oxygens (including phenoxy) is 1. The van der Waals surface area contributed by atoms with Crippen LogP contribution >= 0.6 is 11.8 Å². The number of benzene rings is 2. The van der Waals surface area contributed by atoms with E-state index in [0.717, 1.165) is 22.4 Å². The monoisotopic (exact) mass is 410 g/mol.